The van der Waals surface area contributed by atoms with Gasteiger partial charge in [0.2, 0.25) is 5.91 Å². The summed E-state index contributed by atoms with van der Waals surface area (Å²) >= 11 is 0. The Hall–Kier alpha value is -0.610. The van der Waals surface area contributed by atoms with Crippen LogP contribution in [0.3, 0.4) is 0 Å². The number of nitrogens with one attached hydrogen (secondary N) is 1. The van der Waals surface area contributed by atoms with Crippen LogP contribution < -0.4 is 5.32 Å². The molecular formula is C8H14N2O2. The lowest BCUT2D eigenvalue weighted by Crippen LogP contribution is -2.31. The van der Waals surface area contributed by atoms with E-state index < -0.39 is 0 Å². The fourth-order valence-corrected chi connectivity index (χ4v) is 1.46. The van der Waals surface area contributed by atoms with E-state index >= 15 is 0 Å². The summed E-state index contributed by atoms with van der Waals surface area (Å²) in [6.45, 7) is 4.52. The number of hydrogen-bond donors (Lipinski definition) is 1. The molecule has 0 saturated carbocycles. The molecular weight excluding hydrogens is 156 g/mol. The molecule has 0 radical (unpaired) electrons. The predicted molar refractivity (Wildman–Crippen MR) is 43.8 cm³/mol. The van der Waals surface area contributed by atoms with Crippen molar-refractivity contribution in [1.82, 2.24) is 10.2 Å². The monoisotopic (exact) mass is 170 g/mol. The molecule has 1 N–H and O–H groups in total. The van der Waals surface area contributed by atoms with E-state index in [0.717, 1.165) is 32.8 Å². The van der Waals surface area contributed by atoms with E-state index in [1.165, 1.54) is 0 Å². The molecule has 12 heavy (non-hydrogen) atoms. The number of hydrogen-bond acceptors (Lipinski definition) is 3. The number of carbonyl (C=O) groups excluding carboxylic acids is 1. The Kier molecular flexibility index (Phi) is 2.28. The molecule has 0 aromatic heterocycles. The Labute approximate surface area is 71.9 Å². The highest BCUT2D eigenvalue weighted by Gasteiger charge is 2.26. The van der Waals surface area contributed by atoms with Crippen molar-refractivity contribution in [3.63, 3.8) is 0 Å². The van der Waals surface area contributed by atoms with Crippen molar-refractivity contribution in [2.75, 3.05) is 32.8 Å². The maximum Gasteiger partial charge on any atom is 0.221 e. The van der Waals surface area contributed by atoms with Crippen molar-refractivity contribution < 1.29 is 9.53 Å². The molecule has 1 amide bonds. The zero-order valence-electron chi connectivity index (χ0n) is 7.08. The third-order valence-electron chi connectivity index (χ3n) is 2.27. The van der Waals surface area contributed by atoms with Crippen LogP contribution in [0.15, 0.2) is 0 Å². The molecule has 2 saturated heterocycles. The minimum absolute atomic E-state index is 0.175. The van der Waals surface area contributed by atoms with Crippen molar-refractivity contribution in [2.24, 2.45) is 0 Å². The van der Waals surface area contributed by atoms with Gasteiger partial charge in [0.1, 0.15) is 0 Å². The smallest absolute Gasteiger partial charge is 0.221 e. The van der Waals surface area contributed by atoms with Crippen LogP contribution >= 0.6 is 0 Å². The summed E-state index contributed by atoms with van der Waals surface area (Å²) in [5.74, 6) is 0.175. The quantitative estimate of drug-likeness (QED) is 0.552. The van der Waals surface area contributed by atoms with Crippen molar-refractivity contribution in [3.05, 3.63) is 0 Å². The minimum Gasteiger partial charge on any atom is -0.372 e. The van der Waals surface area contributed by atoms with Gasteiger partial charge in [0.05, 0.1) is 12.7 Å². The van der Waals surface area contributed by atoms with Crippen LogP contribution in [-0.4, -0.2) is 49.7 Å². The van der Waals surface area contributed by atoms with Crippen LogP contribution in [-0.2, 0) is 9.53 Å². The fraction of sp³-hybridized carbons (Fsp3) is 0.875. The van der Waals surface area contributed by atoms with E-state index in [9.17, 15) is 4.79 Å². The largest absolute Gasteiger partial charge is 0.372 e. The fourth-order valence-electron chi connectivity index (χ4n) is 1.46. The third kappa shape index (κ3) is 2.19. The van der Waals surface area contributed by atoms with Gasteiger partial charge in [-0.1, -0.05) is 0 Å². The van der Waals surface area contributed by atoms with Crippen LogP contribution in [0.25, 0.3) is 0 Å². The number of amides is 1. The predicted octanol–water partition coefficient (Wildman–Crippen LogP) is -0.793. The second kappa shape index (κ2) is 3.41. The average Bonchev–Trinajstić information content (AvgIpc) is 2.83. The molecule has 0 aromatic rings. The highest BCUT2D eigenvalue weighted by molar-refractivity contribution is 5.76. The van der Waals surface area contributed by atoms with E-state index in [-0.39, 0.29) is 5.91 Å². The first kappa shape index (κ1) is 8.01. The van der Waals surface area contributed by atoms with Gasteiger partial charge in [-0.15, -0.1) is 0 Å². The molecule has 0 spiro atoms. The summed E-state index contributed by atoms with van der Waals surface area (Å²) in [5.41, 5.74) is 0. The number of carbonyl (C=O) groups is 1. The lowest BCUT2D eigenvalue weighted by atomic mass is 10.3. The van der Waals surface area contributed by atoms with Crippen molar-refractivity contribution in [2.45, 2.75) is 12.5 Å². The van der Waals surface area contributed by atoms with Crippen LogP contribution in [0.2, 0.25) is 0 Å². The van der Waals surface area contributed by atoms with Crippen LogP contribution in [0.4, 0.5) is 0 Å². The molecule has 0 aromatic carbocycles. The molecule has 2 rings (SSSR count). The maximum atomic E-state index is 11.0. The van der Waals surface area contributed by atoms with E-state index in [4.69, 9.17) is 4.74 Å². The van der Waals surface area contributed by atoms with E-state index in [1.807, 2.05) is 0 Å². The van der Waals surface area contributed by atoms with Gasteiger partial charge in [0.25, 0.3) is 0 Å². The van der Waals surface area contributed by atoms with Gasteiger partial charge in [0.15, 0.2) is 0 Å². The lowest BCUT2D eigenvalue weighted by Gasteiger charge is -2.16. The zero-order chi connectivity index (χ0) is 8.39. The first-order valence-corrected chi connectivity index (χ1v) is 4.45. The third-order valence-corrected chi connectivity index (χ3v) is 2.27. The van der Waals surface area contributed by atoms with E-state index in [1.54, 1.807) is 0 Å². The Bertz CT molecular complexity index is 180. The molecule has 0 aliphatic carbocycles. The second-order valence-electron chi connectivity index (χ2n) is 3.36. The summed E-state index contributed by atoms with van der Waals surface area (Å²) < 4.78 is 5.13. The number of ether oxygens (including phenoxy) is 1. The molecule has 68 valence electrons. The first-order chi connectivity index (χ1) is 5.84. The number of nitrogens with zero attached hydrogens (tertiary/aromatic N) is 1. The van der Waals surface area contributed by atoms with Gasteiger partial charge < -0.3 is 10.1 Å². The van der Waals surface area contributed by atoms with Gasteiger partial charge in [-0.3, -0.25) is 9.69 Å². The molecule has 1 unspecified atom stereocenters. The van der Waals surface area contributed by atoms with Crippen molar-refractivity contribution in [1.29, 1.82) is 0 Å². The zero-order valence-corrected chi connectivity index (χ0v) is 7.08. The SMILES string of the molecule is O=C1CCN(CC2CO2)CCN1. The Balaban J connectivity index is 1.77. The van der Waals surface area contributed by atoms with Gasteiger partial charge in [0, 0.05) is 32.6 Å². The molecule has 2 heterocycles. The normalized spacial score (nSPS) is 31.0. The average molecular weight is 170 g/mol. The maximum absolute atomic E-state index is 11.0. The van der Waals surface area contributed by atoms with Gasteiger partial charge in [-0.05, 0) is 0 Å². The minimum atomic E-state index is 0.175. The Morgan fingerprint density at radius 3 is 3.17 bits per heavy atom. The lowest BCUT2D eigenvalue weighted by molar-refractivity contribution is -0.120. The molecule has 1 atom stereocenters. The van der Waals surface area contributed by atoms with Gasteiger partial charge >= 0.3 is 0 Å². The van der Waals surface area contributed by atoms with E-state index in [0.29, 0.717) is 12.5 Å². The van der Waals surface area contributed by atoms with Gasteiger partial charge in [-0.2, -0.15) is 0 Å². The molecule has 4 heteroatoms. The molecule has 2 aliphatic heterocycles. The number of epoxide rings is 1. The number of rotatable bonds is 2. The first-order valence-electron chi connectivity index (χ1n) is 4.45. The van der Waals surface area contributed by atoms with Crippen molar-refractivity contribution in [3.8, 4) is 0 Å². The van der Waals surface area contributed by atoms with Crippen LogP contribution in [0.1, 0.15) is 6.42 Å². The van der Waals surface area contributed by atoms with Gasteiger partial charge in [-0.25, -0.2) is 0 Å². The Morgan fingerprint density at radius 2 is 2.42 bits per heavy atom. The highest BCUT2D eigenvalue weighted by Crippen LogP contribution is 2.11. The summed E-state index contributed by atoms with van der Waals surface area (Å²) in [4.78, 5) is 13.2. The summed E-state index contributed by atoms with van der Waals surface area (Å²) in [6.07, 6.45) is 1.07. The summed E-state index contributed by atoms with van der Waals surface area (Å²) in [5, 5.41) is 2.85. The van der Waals surface area contributed by atoms with E-state index in [2.05, 4.69) is 10.2 Å². The van der Waals surface area contributed by atoms with Crippen molar-refractivity contribution >= 4 is 5.91 Å². The highest BCUT2D eigenvalue weighted by atomic mass is 16.6. The summed E-state index contributed by atoms with van der Waals surface area (Å²) in [7, 11) is 0. The molecule has 0 bridgehead atoms. The van der Waals surface area contributed by atoms with Crippen LogP contribution in [0, 0.1) is 0 Å². The topological polar surface area (TPSA) is 44.9 Å². The molecule has 2 fully saturated rings. The van der Waals surface area contributed by atoms with Crippen LogP contribution in [0.5, 0.6) is 0 Å². The molecule has 2 aliphatic rings. The molecule has 4 nitrogen and oxygen atoms in total. The standard InChI is InChI=1S/C8H14N2O2/c11-8-1-3-10(4-2-9-8)5-7-6-12-7/h7H,1-6H2,(H,9,11). The Morgan fingerprint density at radius 1 is 1.58 bits per heavy atom. The summed E-state index contributed by atoms with van der Waals surface area (Å²) in [6, 6.07) is 0. The second-order valence-corrected chi connectivity index (χ2v) is 3.36.